The first kappa shape index (κ1) is 14.4. The number of nitriles is 2. The molecule has 0 atom stereocenters. The quantitative estimate of drug-likeness (QED) is 0.561. The van der Waals surface area contributed by atoms with Gasteiger partial charge in [-0.05, 0) is 0 Å². The van der Waals surface area contributed by atoms with E-state index < -0.39 is 0 Å². The molecule has 0 spiro atoms. The third-order valence-electron chi connectivity index (χ3n) is 1.88. The molecule has 0 aromatic rings. The molecule has 0 aromatic heterocycles. The Hall–Kier alpha value is -1.63. The van der Waals surface area contributed by atoms with Crippen molar-refractivity contribution in [2.75, 3.05) is 39.9 Å². The lowest BCUT2D eigenvalue weighted by atomic mass is 10.3. The molecule has 0 saturated carbocycles. The lowest BCUT2D eigenvalue weighted by Crippen LogP contribution is -2.39. The van der Waals surface area contributed by atoms with E-state index in [0.29, 0.717) is 26.1 Å². The number of nitrogens with one attached hydrogen (secondary N) is 1. The topological polar surface area (TPSA) is 89.2 Å². The summed E-state index contributed by atoms with van der Waals surface area (Å²) in [6, 6.07) is 3.86. The summed E-state index contributed by atoms with van der Waals surface area (Å²) in [7, 11) is 1.58. The first-order valence-electron chi connectivity index (χ1n) is 4.96. The van der Waals surface area contributed by atoms with Crippen LogP contribution in [0.4, 0.5) is 0 Å². The number of hydrogen-bond donors (Lipinski definition) is 1. The van der Waals surface area contributed by atoms with Gasteiger partial charge in [0.1, 0.15) is 6.54 Å². The zero-order chi connectivity index (χ0) is 12.2. The van der Waals surface area contributed by atoms with E-state index >= 15 is 0 Å². The molecule has 0 rings (SSSR count). The van der Waals surface area contributed by atoms with E-state index in [2.05, 4.69) is 5.32 Å². The van der Waals surface area contributed by atoms with Crippen LogP contribution in [0.15, 0.2) is 0 Å². The second-order valence-corrected chi connectivity index (χ2v) is 3.11. The molecule has 0 saturated heterocycles. The highest BCUT2D eigenvalue weighted by Crippen LogP contribution is 1.91. The van der Waals surface area contributed by atoms with E-state index in [1.165, 1.54) is 0 Å². The Morgan fingerprint density at radius 3 is 2.69 bits per heavy atom. The van der Waals surface area contributed by atoms with Gasteiger partial charge in [-0.25, -0.2) is 0 Å². The highest BCUT2D eigenvalue weighted by Gasteiger charge is 2.09. The first-order chi connectivity index (χ1) is 7.74. The van der Waals surface area contributed by atoms with Gasteiger partial charge in [0.05, 0.1) is 25.3 Å². The van der Waals surface area contributed by atoms with Crippen molar-refractivity contribution >= 4 is 5.91 Å². The molecule has 0 aromatic carbocycles. The number of ether oxygens (including phenoxy) is 1. The van der Waals surface area contributed by atoms with Crippen molar-refractivity contribution in [3.63, 3.8) is 0 Å². The van der Waals surface area contributed by atoms with Crippen molar-refractivity contribution in [3.05, 3.63) is 0 Å². The van der Waals surface area contributed by atoms with E-state index in [1.54, 1.807) is 7.11 Å². The van der Waals surface area contributed by atoms with Crippen molar-refractivity contribution in [2.45, 2.75) is 6.42 Å². The molecule has 0 radical (unpaired) electrons. The SMILES string of the molecule is COCCN(CCC#N)CC(=O)NCC#N. The summed E-state index contributed by atoms with van der Waals surface area (Å²) in [5, 5.41) is 19.2. The predicted molar refractivity (Wildman–Crippen MR) is 57.2 cm³/mol. The molecule has 6 nitrogen and oxygen atoms in total. The number of carbonyl (C=O) groups excluding carboxylic acids is 1. The molecular formula is C10H16N4O2. The van der Waals surface area contributed by atoms with E-state index in [9.17, 15) is 4.79 Å². The average molecular weight is 224 g/mol. The molecule has 0 heterocycles. The Morgan fingerprint density at radius 2 is 2.12 bits per heavy atom. The molecule has 0 aliphatic carbocycles. The second-order valence-electron chi connectivity index (χ2n) is 3.11. The maximum absolute atomic E-state index is 11.3. The summed E-state index contributed by atoms with van der Waals surface area (Å²) in [5.41, 5.74) is 0. The van der Waals surface area contributed by atoms with Crippen molar-refractivity contribution in [1.82, 2.24) is 10.2 Å². The monoisotopic (exact) mass is 224 g/mol. The van der Waals surface area contributed by atoms with Gasteiger partial charge < -0.3 is 10.1 Å². The fourth-order valence-corrected chi connectivity index (χ4v) is 1.10. The van der Waals surface area contributed by atoms with Crippen molar-refractivity contribution in [3.8, 4) is 12.1 Å². The smallest absolute Gasteiger partial charge is 0.235 e. The minimum Gasteiger partial charge on any atom is -0.383 e. The van der Waals surface area contributed by atoms with Crippen LogP contribution in [0.5, 0.6) is 0 Å². The lowest BCUT2D eigenvalue weighted by molar-refractivity contribution is -0.122. The molecule has 0 aliphatic rings. The minimum atomic E-state index is -0.212. The Bertz CT molecular complexity index is 280. The van der Waals surface area contributed by atoms with Gasteiger partial charge in [-0.1, -0.05) is 0 Å². The minimum absolute atomic E-state index is 0.00913. The fraction of sp³-hybridized carbons (Fsp3) is 0.700. The number of nitrogens with zero attached hydrogens (tertiary/aromatic N) is 3. The molecule has 1 N–H and O–H groups in total. The normalized spacial score (nSPS) is 9.50. The van der Waals surface area contributed by atoms with Gasteiger partial charge in [-0.3, -0.25) is 9.69 Å². The van der Waals surface area contributed by atoms with Crippen LogP contribution in [0, 0.1) is 22.7 Å². The Balaban J connectivity index is 3.94. The van der Waals surface area contributed by atoms with Crippen LogP contribution in [0.3, 0.4) is 0 Å². The zero-order valence-electron chi connectivity index (χ0n) is 9.40. The van der Waals surface area contributed by atoms with Crippen LogP contribution in [0.2, 0.25) is 0 Å². The summed E-state index contributed by atoms with van der Waals surface area (Å²) >= 11 is 0. The van der Waals surface area contributed by atoms with E-state index in [0.717, 1.165) is 0 Å². The standard InChI is InChI=1S/C10H16N4O2/c1-16-8-7-14(6-2-3-11)9-10(15)13-5-4-12/h2,5-9H2,1H3,(H,13,15). The van der Waals surface area contributed by atoms with E-state index in [-0.39, 0.29) is 19.0 Å². The van der Waals surface area contributed by atoms with Gasteiger partial charge in [0.15, 0.2) is 0 Å². The predicted octanol–water partition coefficient (Wildman–Crippen LogP) is -0.512. The Morgan fingerprint density at radius 1 is 1.38 bits per heavy atom. The number of carbonyl (C=O) groups is 1. The second kappa shape index (κ2) is 9.91. The molecule has 88 valence electrons. The summed E-state index contributed by atoms with van der Waals surface area (Å²) in [4.78, 5) is 13.1. The molecule has 0 aliphatic heterocycles. The van der Waals surface area contributed by atoms with Crippen molar-refractivity contribution < 1.29 is 9.53 Å². The van der Waals surface area contributed by atoms with Crippen LogP contribution < -0.4 is 5.32 Å². The lowest BCUT2D eigenvalue weighted by Gasteiger charge is -2.19. The number of rotatable bonds is 8. The Labute approximate surface area is 95.4 Å². The number of hydrogen-bond acceptors (Lipinski definition) is 5. The maximum Gasteiger partial charge on any atom is 0.235 e. The van der Waals surface area contributed by atoms with Crippen LogP contribution in [-0.2, 0) is 9.53 Å². The van der Waals surface area contributed by atoms with Gasteiger partial charge in [-0.2, -0.15) is 10.5 Å². The van der Waals surface area contributed by atoms with Gasteiger partial charge in [0.25, 0.3) is 0 Å². The average Bonchev–Trinajstić information content (AvgIpc) is 2.30. The van der Waals surface area contributed by atoms with E-state index in [1.807, 2.05) is 17.0 Å². The van der Waals surface area contributed by atoms with Gasteiger partial charge in [0.2, 0.25) is 5.91 Å². The largest absolute Gasteiger partial charge is 0.383 e. The van der Waals surface area contributed by atoms with Crippen molar-refractivity contribution in [2.24, 2.45) is 0 Å². The highest BCUT2D eigenvalue weighted by molar-refractivity contribution is 5.78. The molecule has 0 unspecified atom stereocenters. The van der Waals surface area contributed by atoms with Crippen LogP contribution in [-0.4, -0.2) is 50.7 Å². The molecule has 0 bridgehead atoms. The Kier molecular flexibility index (Phi) is 8.90. The zero-order valence-corrected chi connectivity index (χ0v) is 9.40. The number of methoxy groups -OCH3 is 1. The third-order valence-corrected chi connectivity index (χ3v) is 1.88. The molecule has 16 heavy (non-hydrogen) atoms. The molecule has 1 amide bonds. The van der Waals surface area contributed by atoms with Crippen molar-refractivity contribution in [1.29, 1.82) is 10.5 Å². The van der Waals surface area contributed by atoms with Gasteiger partial charge in [-0.15, -0.1) is 0 Å². The van der Waals surface area contributed by atoms with Crippen LogP contribution >= 0.6 is 0 Å². The van der Waals surface area contributed by atoms with Crippen LogP contribution in [0.1, 0.15) is 6.42 Å². The summed E-state index contributed by atoms with van der Waals surface area (Å²) in [6.07, 6.45) is 0.370. The molecular weight excluding hydrogens is 208 g/mol. The van der Waals surface area contributed by atoms with E-state index in [4.69, 9.17) is 15.3 Å². The fourth-order valence-electron chi connectivity index (χ4n) is 1.10. The summed E-state index contributed by atoms with van der Waals surface area (Å²) in [5.74, 6) is -0.212. The van der Waals surface area contributed by atoms with Crippen LogP contribution in [0.25, 0.3) is 0 Å². The van der Waals surface area contributed by atoms with Gasteiger partial charge in [0, 0.05) is 26.6 Å². The molecule has 6 heteroatoms. The third kappa shape index (κ3) is 7.74. The van der Waals surface area contributed by atoms with Gasteiger partial charge >= 0.3 is 0 Å². The maximum atomic E-state index is 11.3. The summed E-state index contributed by atoms with van der Waals surface area (Å²) < 4.78 is 4.91. The highest BCUT2D eigenvalue weighted by atomic mass is 16.5. The molecule has 0 fully saturated rings. The number of amides is 1. The first-order valence-corrected chi connectivity index (χ1v) is 4.96. The summed E-state index contributed by atoms with van der Waals surface area (Å²) in [6.45, 7) is 1.83.